The molecule has 1 amide bonds. The predicted octanol–water partition coefficient (Wildman–Crippen LogP) is 8.25. The van der Waals surface area contributed by atoms with Gasteiger partial charge in [-0.05, 0) is 159 Å². The Morgan fingerprint density at radius 3 is 1.55 bits per heavy atom. The standard InChI is InChI=1S/C21H23BrN2O3.C13H13BrO3.C8H12N2O.ClH/c1-11-6-15-7-16(8-18(22)19(15)27-10-13(11)3)20(25)23-9-17-12(2)5-14(4)24-21(17)26;1-7-3-9-4-10(13(15)16)5-11(14)12(9)17-6-8(7)2;1-5-3-6(2)10-8(11)7(5)4-9;/h5,7-8H,6,9-10H2,1-4H3,(H,23,25)(H,24,26);4-5H,3,6H2,1-2H3,(H,15,16);3H,4,9H2,1-2H3,(H,10,11);1H. The van der Waals surface area contributed by atoms with Gasteiger partial charge >= 0.3 is 5.97 Å². The van der Waals surface area contributed by atoms with Crippen molar-refractivity contribution >= 4 is 56.1 Å². The Morgan fingerprint density at radius 2 is 1.12 bits per heavy atom. The second-order valence-electron chi connectivity index (χ2n) is 14.0. The average molecular weight is 917 g/mol. The van der Waals surface area contributed by atoms with E-state index >= 15 is 0 Å². The molecule has 0 spiro atoms. The van der Waals surface area contributed by atoms with E-state index in [4.69, 9.17) is 20.3 Å². The maximum atomic E-state index is 12.7. The number of carbonyl (C=O) groups excluding carboxylic acids is 1. The largest absolute Gasteiger partial charge is 0.488 e. The molecular weight excluding hydrogens is 868 g/mol. The molecule has 6 N–H and O–H groups in total. The summed E-state index contributed by atoms with van der Waals surface area (Å²) in [4.78, 5) is 52.4. The minimum absolute atomic E-state index is 0. The number of carboxylic acids is 1. The van der Waals surface area contributed by atoms with Crippen molar-refractivity contribution in [3.05, 3.63) is 144 Å². The number of ether oxygens (including phenoxy) is 2. The van der Waals surface area contributed by atoms with Crippen molar-refractivity contribution in [3.8, 4) is 11.5 Å². The molecule has 0 aliphatic carbocycles. The number of hydrogen-bond acceptors (Lipinski definition) is 7. The molecule has 4 aromatic rings. The maximum Gasteiger partial charge on any atom is 0.335 e. The van der Waals surface area contributed by atoms with Crippen LogP contribution in [0.4, 0.5) is 0 Å². The van der Waals surface area contributed by atoms with Crippen LogP contribution in [0, 0.1) is 27.7 Å². The van der Waals surface area contributed by atoms with E-state index in [1.54, 1.807) is 18.2 Å². The number of aromatic amines is 2. The fraction of sp³-hybridized carbons (Fsp3) is 0.333. The molecule has 14 heteroatoms. The number of fused-ring (bicyclic) bond motifs is 2. The number of aryl methyl sites for hydroxylation is 4. The zero-order valence-electron chi connectivity index (χ0n) is 32.8. The zero-order chi connectivity index (χ0) is 40.7. The second kappa shape index (κ2) is 20.1. The number of H-pyrrole nitrogens is 2. The third kappa shape index (κ3) is 11.6. The van der Waals surface area contributed by atoms with E-state index in [1.807, 2.05) is 52.8 Å². The van der Waals surface area contributed by atoms with Crippen molar-refractivity contribution in [1.82, 2.24) is 15.3 Å². The molecule has 0 fully saturated rings. The van der Waals surface area contributed by atoms with Crippen LogP contribution in [0.15, 0.2) is 77.2 Å². The molecule has 4 heterocycles. The first-order chi connectivity index (χ1) is 25.9. The average Bonchev–Trinajstić information content (AvgIpc) is 3.34. The number of pyridine rings is 2. The lowest BCUT2D eigenvalue weighted by Gasteiger charge is -2.13. The highest BCUT2D eigenvalue weighted by molar-refractivity contribution is 9.11. The lowest BCUT2D eigenvalue weighted by Crippen LogP contribution is -2.28. The third-order valence-electron chi connectivity index (χ3n) is 9.60. The fourth-order valence-electron chi connectivity index (χ4n) is 6.13. The van der Waals surface area contributed by atoms with Crippen LogP contribution in [0.25, 0.3) is 0 Å². The summed E-state index contributed by atoms with van der Waals surface area (Å²) < 4.78 is 13.1. The number of aromatic carboxylic acids is 1. The Hall–Kier alpha value is -4.43. The van der Waals surface area contributed by atoms with Gasteiger partial charge < -0.3 is 35.6 Å². The van der Waals surface area contributed by atoms with Crippen molar-refractivity contribution in [2.24, 2.45) is 5.73 Å². The van der Waals surface area contributed by atoms with Crippen LogP contribution in [0.3, 0.4) is 0 Å². The lowest BCUT2D eigenvalue weighted by molar-refractivity contribution is 0.0696. The fourth-order valence-corrected chi connectivity index (χ4v) is 7.36. The summed E-state index contributed by atoms with van der Waals surface area (Å²) in [5, 5.41) is 11.9. The first kappa shape index (κ1) is 46.0. The van der Waals surface area contributed by atoms with Crippen LogP contribution < -0.4 is 31.6 Å². The van der Waals surface area contributed by atoms with Crippen LogP contribution in [0.2, 0.25) is 0 Å². The molecule has 0 bridgehead atoms. The van der Waals surface area contributed by atoms with Gasteiger partial charge in [-0.1, -0.05) is 11.1 Å². The maximum absolute atomic E-state index is 12.7. The molecule has 6 rings (SSSR count). The summed E-state index contributed by atoms with van der Waals surface area (Å²) in [6.07, 6.45) is 1.48. The van der Waals surface area contributed by atoms with Gasteiger partial charge in [-0.3, -0.25) is 14.4 Å². The molecule has 2 aliphatic heterocycles. The summed E-state index contributed by atoms with van der Waals surface area (Å²) in [6.45, 7) is 17.3. The number of halogens is 3. The number of benzene rings is 2. The van der Waals surface area contributed by atoms with Crippen LogP contribution in [0.5, 0.6) is 11.5 Å². The van der Waals surface area contributed by atoms with Gasteiger partial charge in [0.1, 0.15) is 24.7 Å². The Morgan fingerprint density at radius 1 is 0.696 bits per heavy atom. The molecule has 56 heavy (non-hydrogen) atoms. The molecule has 0 atom stereocenters. The number of amides is 1. The van der Waals surface area contributed by atoms with E-state index in [9.17, 15) is 19.2 Å². The van der Waals surface area contributed by atoms with Gasteiger partial charge in [0.05, 0.1) is 14.5 Å². The van der Waals surface area contributed by atoms with E-state index in [0.717, 1.165) is 62.5 Å². The molecule has 0 saturated heterocycles. The first-order valence-corrected chi connectivity index (χ1v) is 19.3. The van der Waals surface area contributed by atoms with Gasteiger partial charge in [-0.2, -0.15) is 0 Å². The number of carboxylic acid groups (broad SMARTS) is 1. The molecule has 11 nitrogen and oxygen atoms in total. The van der Waals surface area contributed by atoms with E-state index in [-0.39, 0.29) is 41.5 Å². The van der Waals surface area contributed by atoms with Crippen LogP contribution >= 0.6 is 44.3 Å². The Balaban J connectivity index is 0.000000247. The second-order valence-corrected chi connectivity index (χ2v) is 15.7. The van der Waals surface area contributed by atoms with E-state index in [2.05, 4.69) is 67.9 Å². The van der Waals surface area contributed by atoms with Crippen molar-refractivity contribution in [2.45, 2.75) is 81.3 Å². The first-order valence-electron chi connectivity index (χ1n) is 17.7. The number of nitrogens with two attached hydrogens (primary N) is 1. The minimum atomic E-state index is -0.920. The third-order valence-corrected chi connectivity index (χ3v) is 10.8. The monoisotopic (exact) mass is 914 g/mol. The number of aromatic nitrogens is 2. The highest BCUT2D eigenvalue weighted by Gasteiger charge is 2.20. The van der Waals surface area contributed by atoms with Crippen molar-refractivity contribution < 1.29 is 24.2 Å². The summed E-state index contributed by atoms with van der Waals surface area (Å²) in [5.74, 6) is 0.399. The van der Waals surface area contributed by atoms with Gasteiger partial charge in [0.25, 0.3) is 17.0 Å². The molecule has 2 aromatic heterocycles. The summed E-state index contributed by atoms with van der Waals surface area (Å²) in [6, 6.07) is 10.7. The summed E-state index contributed by atoms with van der Waals surface area (Å²) >= 11 is 6.89. The van der Waals surface area contributed by atoms with Crippen LogP contribution in [-0.2, 0) is 25.9 Å². The van der Waals surface area contributed by atoms with E-state index in [0.29, 0.717) is 40.9 Å². The number of allylic oxidation sites excluding steroid dienone is 2. The highest BCUT2D eigenvalue weighted by atomic mass is 79.9. The molecule has 0 unspecified atom stereocenters. The summed E-state index contributed by atoms with van der Waals surface area (Å²) in [7, 11) is 0. The smallest absolute Gasteiger partial charge is 0.335 e. The van der Waals surface area contributed by atoms with Gasteiger partial charge in [-0.15, -0.1) is 12.4 Å². The van der Waals surface area contributed by atoms with Crippen LogP contribution in [0.1, 0.15) is 93.2 Å². The Kier molecular flexibility index (Phi) is 16.5. The number of carbonyl (C=O) groups is 2. The molecule has 0 saturated carbocycles. The quantitative estimate of drug-likeness (QED) is 0.124. The molecular formula is C42H49Br2ClN4O7. The molecule has 2 aliphatic rings. The zero-order valence-corrected chi connectivity index (χ0v) is 36.8. The molecule has 0 radical (unpaired) electrons. The van der Waals surface area contributed by atoms with Crippen LogP contribution in [-0.4, -0.2) is 40.2 Å². The lowest BCUT2D eigenvalue weighted by atomic mass is 10.0. The number of nitrogens with one attached hydrogen (secondary N) is 3. The van der Waals surface area contributed by atoms with E-state index < -0.39 is 5.97 Å². The normalized spacial score (nSPS) is 13.1. The van der Waals surface area contributed by atoms with Gasteiger partial charge in [-0.25, -0.2) is 4.79 Å². The Labute approximate surface area is 349 Å². The van der Waals surface area contributed by atoms with Gasteiger partial charge in [0.15, 0.2) is 0 Å². The minimum Gasteiger partial charge on any atom is -0.488 e. The van der Waals surface area contributed by atoms with Gasteiger partial charge in [0, 0.05) is 52.3 Å². The topological polar surface area (TPSA) is 177 Å². The highest BCUT2D eigenvalue weighted by Crippen LogP contribution is 2.36. The van der Waals surface area contributed by atoms with Gasteiger partial charge in [0.2, 0.25) is 0 Å². The predicted molar refractivity (Wildman–Crippen MR) is 230 cm³/mol. The Bertz CT molecular complexity index is 2330. The summed E-state index contributed by atoms with van der Waals surface area (Å²) in [5.41, 5.74) is 17.5. The number of hydrogen-bond donors (Lipinski definition) is 5. The molecule has 2 aromatic carbocycles. The van der Waals surface area contributed by atoms with Crippen molar-refractivity contribution in [1.29, 1.82) is 0 Å². The SMILES string of the molecule is CC1=C(C)Cc2cc(C(=O)NCc3c(C)cc(C)[nH]c3=O)cc(Br)c2OC1.CC1=C(C)Cc2cc(C(=O)O)cc(Br)c2OC1.Cc1cc(C)c(CN)c(=O)[nH]1.Cl. The number of rotatable bonds is 5. The van der Waals surface area contributed by atoms with Crippen molar-refractivity contribution in [2.75, 3.05) is 13.2 Å². The molecule has 300 valence electrons. The van der Waals surface area contributed by atoms with E-state index in [1.165, 1.54) is 22.3 Å². The van der Waals surface area contributed by atoms with Crippen molar-refractivity contribution in [3.63, 3.8) is 0 Å².